The van der Waals surface area contributed by atoms with E-state index in [0.717, 1.165) is 49.7 Å². The third-order valence-electron chi connectivity index (χ3n) is 4.44. The number of ether oxygens (including phenoxy) is 1. The molecule has 0 radical (unpaired) electrons. The van der Waals surface area contributed by atoms with Crippen molar-refractivity contribution < 1.29 is 22.7 Å². The van der Waals surface area contributed by atoms with Gasteiger partial charge in [0, 0.05) is 31.4 Å². The summed E-state index contributed by atoms with van der Waals surface area (Å²) < 4.78 is 42.9. The number of rotatable bonds is 5. The van der Waals surface area contributed by atoms with Gasteiger partial charge in [0.05, 0.1) is 18.8 Å². The zero-order chi connectivity index (χ0) is 20.0. The highest BCUT2D eigenvalue weighted by atomic mass is 19.4. The van der Waals surface area contributed by atoms with Crippen molar-refractivity contribution in [3.05, 3.63) is 71.3 Å². The van der Waals surface area contributed by atoms with E-state index in [1.807, 2.05) is 24.3 Å². The Kier molecular flexibility index (Phi) is 6.36. The number of morpholine rings is 1. The summed E-state index contributed by atoms with van der Waals surface area (Å²) in [5, 5.41) is 2.76. The van der Waals surface area contributed by atoms with Gasteiger partial charge in [-0.1, -0.05) is 24.3 Å². The van der Waals surface area contributed by atoms with E-state index >= 15 is 0 Å². The van der Waals surface area contributed by atoms with Crippen LogP contribution in [0.5, 0.6) is 0 Å². The molecule has 1 aliphatic heterocycles. The van der Waals surface area contributed by atoms with E-state index in [0.29, 0.717) is 12.1 Å². The average Bonchev–Trinajstić information content (AvgIpc) is 2.71. The van der Waals surface area contributed by atoms with Gasteiger partial charge in [0.25, 0.3) is 0 Å². The number of halogens is 3. The number of hydrogen-bond acceptors (Lipinski definition) is 3. The van der Waals surface area contributed by atoms with Crippen molar-refractivity contribution in [1.29, 1.82) is 0 Å². The predicted molar refractivity (Wildman–Crippen MR) is 102 cm³/mol. The van der Waals surface area contributed by atoms with Crippen LogP contribution in [0.2, 0.25) is 0 Å². The first kappa shape index (κ1) is 19.9. The summed E-state index contributed by atoms with van der Waals surface area (Å²) >= 11 is 0. The minimum atomic E-state index is -4.36. The fourth-order valence-corrected chi connectivity index (χ4v) is 2.85. The van der Waals surface area contributed by atoms with Crippen LogP contribution in [0.3, 0.4) is 0 Å². The molecular formula is C21H21F3N2O2. The van der Waals surface area contributed by atoms with Crippen molar-refractivity contribution in [3.63, 3.8) is 0 Å². The maximum atomic E-state index is 12.5. The molecule has 1 N–H and O–H groups in total. The van der Waals surface area contributed by atoms with Gasteiger partial charge in [-0.15, -0.1) is 0 Å². The van der Waals surface area contributed by atoms with E-state index in [4.69, 9.17) is 4.74 Å². The number of hydrogen-bond donors (Lipinski definition) is 1. The summed E-state index contributed by atoms with van der Waals surface area (Å²) in [4.78, 5) is 14.2. The third kappa shape index (κ3) is 5.60. The number of carbonyl (C=O) groups excluding carboxylic acids is 1. The number of carbonyl (C=O) groups is 1. The summed E-state index contributed by atoms with van der Waals surface area (Å²) in [5.41, 5.74) is 1.90. The topological polar surface area (TPSA) is 41.6 Å². The molecule has 1 heterocycles. The van der Waals surface area contributed by atoms with E-state index in [1.165, 1.54) is 24.3 Å². The van der Waals surface area contributed by atoms with Gasteiger partial charge in [-0.25, -0.2) is 0 Å². The number of amides is 1. The van der Waals surface area contributed by atoms with Crippen LogP contribution < -0.4 is 10.2 Å². The SMILES string of the molecule is O=C(C=Cc1ccc(C(F)(F)F)cc1)NCc1ccc(N2CCOCC2)cc1. The van der Waals surface area contributed by atoms with E-state index < -0.39 is 11.7 Å². The molecule has 0 aliphatic carbocycles. The monoisotopic (exact) mass is 390 g/mol. The maximum Gasteiger partial charge on any atom is 0.416 e. The highest BCUT2D eigenvalue weighted by Crippen LogP contribution is 2.29. The molecule has 2 aromatic carbocycles. The molecule has 0 bridgehead atoms. The Bertz CT molecular complexity index is 809. The van der Waals surface area contributed by atoms with Gasteiger partial charge in [-0.3, -0.25) is 4.79 Å². The molecule has 0 saturated carbocycles. The van der Waals surface area contributed by atoms with Gasteiger partial charge in [-0.05, 0) is 41.5 Å². The van der Waals surface area contributed by atoms with Crippen molar-refractivity contribution in [2.75, 3.05) is 31.2 Å². The second-order valence-electron chi connectivity index (χ2n) is 6.44. The Morgan fingerprint density at radius 3 is 2.29 bits per heavy atom. The first-order chi connectivity index (χ1) is 13.4. The Morgan fingerprint density at radius 2 is 1.68 bits per heavy atom. The minimum Gasteiger partial charge on any atom is -0.378 e. The molecule has 0 atom stereocenters. The molecule has 148 valence electrons. The molecule has 1 fully saturated rings. The van der Waals surface area contributed by atoms with Gasteiger partial charge >= 0.3 is 6.18 Å². The summed E-state index contributed by atoms with van der Waals surface area (Å²) in [6, 6.07) is 12.6. The smallest absolute Gasteiger partial charge is 0.378 e. The van der Waals surface area contributed by atoms with Crippen molar-refractivity contribution >= 4 is 17.7 Å². The van der Waals surface area contributed by atoms with Crippen LogP contribution in [0, 0.1) is 0 Å². The number of benzene rings is 2. The van der Waals surface area contributed by atoms with Crippen molar-refractivity contribution in [2.24, 2.45) is 0 Å². The normalized spacial score (nSPS) is 15.0. The third-order valence-corrected chi connectivity index (χ3v) is 4.44. The minimum absolute atomic E-state index is 0.308. The fourth-order valence-electron chi connectivity index (χ4n) is 2.85. The number of anilines is 1. The standard InChI is InChI=1S/C21H21F3N2O2/c22-21(23,24)18-6-1-16(2-7-18)5-10-20(27)25-15-17-3-8-19(9-4-17)26-11-13-28-14-12-26/h1-10H,11-15H2,(H,25,27). The molecule has 0 unspecified atom stereocenters. The molecule has 4 nitrogen and oxygen atoms in total. The van der Waals surface area contributed by atoms with E-state index in [2.05, 4.69) is 10.2 Å². The summed E-state index contributed by atoms with van der Waals surface area (Å²) in [6.07, 6.45) is -1.57. The quantitative estimate of drug-likeness (QED) is 0.788. The number of nitrogens with one attached hydrogen (secondary N) is 1. The molecule has 3 rings (SSSR count). The Labute approximate surface area is 161 Å². The van der Waals surface area contributed by atoms with E-state index in [9.17, 15) is 18.0 Å². The Hall–Kier alpha value is -2.80. The largest absolute Gasteiger partial charge is 0.416 e. The van der Waals surface area contributed by atoms with E-state index in [1.54, 1.807) is 0 Å². The van der Waals surface area contributed by atoms with Gasteiger partial charge in [0.2, 0.25) is 5.91 Å². The lowest BCUT2D eigenvalue weighted by molar-refractivity contribution is -0.137. The molecule has 0 spiro atoms. The highest BCUT2D eigenvalue weighted by Gasteiger charge is 2.29. The molecule has 1 aliphatic rings. The second kappa shape index (κ2) is 8.93. The maximum absolute atomic E-state index is 12.5. The first-order valence-electron chi connectivity index (χ1n) is 8.97. The highest BCUT2D eigenvalue weighted by molar-refractivity contribution is 5.91. The van der Waals surface area contributed by atoms with Gasteiger partial charge in [0.1, 0.15) is 0 Å². The zero-order valence-electron chi connectivity index (χ0n) is 15.2. The molecule has 2 aromatic rings. The molecule has 0 aromatic heterocycles. The lowest BCUT2D eigenvalue weighted by atomic mass is 10.1. The van der Waals surface area contributed by atoms with Crippen LogP contribution in [0.1, 0.15) is 16.7 Å². The van der Waals surface area contributed by atoms with Gasteiger partial charge < -0.3 is 15.0 Å². The summed E-state index contributed by atoms with van der Waals surface area (Å²) in [7, 11) is 0. The van der Waals surface area contributed by atoms with Gasteiger partial charge in [-0.2, -0.15) is 13.2 Å². The predicted octanol–water partition coefficient (Wildman–Crippen LogP) is 3.87. The fraction of sp³-hybridized carbons (Fsp3) is 0.286. The van der Waals surface area contributed by atoms with Crippen molar-refractivity contribution in [2.45, 2.75) is 12.7 Å². The van der Waals surface area contributed by atoms with Crippen LogP contribution in [-0.4, -0.2) is 32.2 Å². The van der Waals surface area contributed by atoms with Crippen LogP contribution in [0.25, 0.3) is 6.08 Å². The van der Waals surface area contributed by atoms with E-state index in [-0.39, 0.29) is 5.91 Å². The van der Waals surface area contributed by atoms with Crippen LogP contribution in [0.15, 0.2) is 54.6 Å². The lowest BCUT2D eigenvalue weighted by Crippen LogP contribution is -2.36. The Morgan fingerprint density at radius 1 is 1.04 bits per heavy atom. The number of alkyl halides is 3. The zero-order valence-corrected chi connectivity index (χ0v) is 15.2. The average molecular weight is 390 g/mol. The summed E-state index contributed by atoms with van der Waals surface area (Å²) in [5.74, 6) is -0.308. The van der Waals surface area contributed by atoms with Crippen molar-refractivity contribution in [3.8, 4) is 0 Å². The van der Waals surface area contributed by atoms with Crippen LogP contribution >= 0.6 is 0 Å². The second-order valence-corrected chi connectivity index (χ2v) is 6.44. The molecule has 1 saturated heterocycles. The molecule has 1 amide bonds. The lowest BCUT2D eigenvalue weighted by Gasteiger charge is -2.28. The molecule has 28 heavy (non-hydrogen) atoms. The van der Waals surface area contributed by atoms with Crippen molar-refractivity contribution in [1.82, 2.24) is 5.32 Å². The van der Waals surface area contributed by atoms with Crippen LogP contribution in [-0.2, 0) is 22.3 Å². The summed E-state index contributed by atoms with van der Waals surface area (Å²) in [6.45, 7) is 3.56. The number of nitrogens with zero attached hydrogens (tertiary/aromatic N) is 1. The molecular weight excluding hydrogens is 369 g/mol. The Balaban J connectivity index is 1.49. The van der Waals surface area contributed by atoms with Crippen LogP contribution in [0.4, 0.5) is 18.9 Å². The first-order valence-corrected chi connectivity index (χ1v) is 8.97. The van der Waals surface area contributed by atoms with Gasteiger partial charge in [0.15, 0.2) is 0 Å². The molecule has 7 heteroatoms.